The number of hydrogen-bond donors (Lipinski definition) is 2. The number of phenols is 2. The first-order valence-corrected chi connectivity index (χ1v) is 15.8. The zero-order valence-corrected chi connectivity index (χ0v) is 25.7. The van der Waals surface area contributed by atoms with E-state index < -0.39 is 0 Å². The van der Waals surface area contributed by atoms with Crippen LogP contribution in [0, 0.1) is 13.8 Å². The largest absolute Gasteiger partial charge is 0.508 e. The predicted molar refractivity (Wildman–Crippen MR) is 176 cm³/mol. The molecule has 0 saturated carbocycles. The molecule has 2 N–H and O–H groups in total. The van der Waals surface area contributed by atoms with Crippen molar-refractivity contribution in [3.8, 4) is 27.7 Å². The van der Waals surface area contributed by atoms with Crippen LogP contribution in [-0.2, 0) is 0 Å². The van der Waals surface area contributed by atoms with Gasteiger partial charge in [-0.05, 0) is 118 Å². The number of aromatic hydroxyl groups is 2. The number of fused-ring (bicyclic) bond motifs is 1. The monoisotopic (exact) mass is 605 g/mol. The molecule has 0 aliphatic carbocycles. The maximum Gasteiger partial charge on any atom is 0.198 e. The molecule has 1 aromatic heterocycles. The summed E-state index contributed by atoms with van der Waals surface area (Å²) >= 11 is 1.29. The number of thiophene rings is 1. The highest BCUT2D eigenvalue weighted by atomic mass is 32.1. The van der Waals surface area contributed by atoms with Crippen molar-refractivity contribution in [2.75, 3.05) is 26.2 Å². The van der Waals surface area contributed by atoms with Crippen molar-refractivity contribution in [1.82, 2.24) is 4.90 Å². The Bertz CT molecular complexity index is 1810. The quantitative estimate of drug-likeness (QED) is 0.166. The van der Waals surface area contributed by atoms with Crippen LogP contribution in [0.2, 0.25) is 0 Å². The van der Waals surface area contributed by atoms with E-state index in [2.05, 4.69) is 4.90 Å². The molecule has 1 saturated heterocycles. The minimum atomic E-state index is -0.302. The molecule has 5 aromatic rings. The van der Waals surface area contributed by atoms with Crippen molar-refractivity contribution in [1.29, 1.82) is 0 Å². The number of benzene rings is 4. The summed E-state index contributed by atoms with van der Waals surface area (Å²) in [6.07, 6.45) is 3.77. The van der Waals surface area contributed by atoms with E-state index in [9.17, 15) is 19.8 Å². The van der Waals surface area contributed by atoms with Crippen LogP contribution >= 0.6 is 11.3 Å². The fourth-order valence-electron chi connectivity index (χ4n) is 5.98. The Kier molecular flexibility index (Phi) is 8.51. The molecule has 6 rings (SSSR count). The fraction of sp³-hybridized carbons (Fsp3) is 0.243. The van der Waals surface area contributed by atoms with Crippen LogP contribution in [0.1, 0.15) is 62.2 Å². The molecule has 2 heterocycles. The fourth-order valence-corrected chi connectivity index (χ4v) is 7.33. The van der Waals surface area contributed by atoms with Gasteiger partial charge in [-0.3, -0.25) is 14.5 Å². The number of phenolic OH excluding ortho intramolecular Hbond substituents is 2. The molecule has 0 atom stereocenters. The van der Waals surface area contributed by atoms with Crippen LogP contribution < -0.4 is 4.74 Å². The third-order valence-electron chi connectivity index (χ3n) is 8.15. The van der Waals surface area contributed by atoms with Gasteiger partial charge in [0.1, 0.15) is 23.9 Å². The third-order valence-corrected chi connectivity index (χ3v) is 9.42. The number of rotatable bonds is 9. The van der Waals surface area contributed by atoms with E-state index in [-0.39, 0.29) is 28.6 Å². The lowest BCUT2D eigenvalue weighted by molar-refractivity contribution is 0.103. The van der Waals surface area contributed by atoms with E-state index >= 15 is 0 Å². The summed E-state index contributed by atoms with van der Waals surface area (Å²) < 4.78 is 6.52. The summed E-state index contributed by atoms with van der Waals surface area (Å²) in [5.41, 5.74) is 4.22. The van der Waals surface area contributed by atoms with Crippen molar-refractivity contribution in [3.05, 3.63) is 112 Å². The smallest absolute Gasteiger partial charge is 0.198 e. The second-order valence-corrected chi connectivity index (χ2v) is 12.5. The van der Waals surface area contributed by atoms with Crippen LogP contribution in [0.3, 0.4) is 0 Å². The van der Waals surface area contributed by atoms with E-state index in [0.717, 1.165) is 36.3 Å². The lowest BCUT2D eigenvalue weighted by Gasteiger charge is -2.26. The van der Waals surface area contributed by atoms with Gasteiger partial charge in [0.05, 0.1) is 10.3 Å². The highest BCUT2D eigenvalue weighted by molar-refractivity contribution is 7.23. The van der Waals surface area contributed by atoms with Gasteiger partial charge in [-0.1, -0.05) is 23.6 Å². The first kappa shape index (κ1) is 29.6. The molecule has 0 unspecified atom stereocenters. The second kappa shape index (κ2) is 12.6. The van der Waals surface area contributed by atoms with Crippen molar-refractivity contribution in [2.24, 2.45) is 0 Å². The van der Waals surface area contributed by atoms with Gasteiger partial charge in [0.15, 0.2) is 11.6 Å². The molecule has 44 heavy (non-hydrogen) atoms. The van der Waals surface area contributed by atoms with Gasteiger partial charge in [0.25, 0.3) is 0 Å². The maximum absolute atomic E-state index is 14.2. The summed E-state index contributed by atoms with van der Waals surface area (Å²) in [5, 5.41) is 21.5. The molecular weight excluding hydrogens is 570 g/mol. The Morgan fingerprint density at radius 3 is 2.11 bits per heavy atom. The van der Waals surface area contributed by atoms with Gasteiger partial charge in [-0.2, -0.15) is 0 Å². The number of nitrogens with zero attached hydrogens (tertiary/aromatic N) is 1. The van der Waals surface area contributed by atoms with Crippen LogP contribution in [-0.4, -0.2) is 52.9 Å². The summed E-state index contributed by atoms with van der Waals surface area (Å²) in [6, 6.07) is 22.6. The van der Waals surface area contributed by atoms with E-state index in [1.165, 1.54) is 36.7 Å². The van der Waals surface area contributed by atoms with Crippen molar-refractivity contribution in [3.63, 3.8) is 0 Å². The average molecular weight is 606 g/mol. The standard InChI is InChI=1S/C37H35NO5S/c1-23-20-24(2)22-27(21-23)35(42)33-31(40)15-14-30-32(36(44-37(30)33)26-6-10-28(39)11-7-26)34(41)25-8-12-29(13-9-25)43-19-18-38-16-4-3-5-17-38/h6-15,20-22,39-40H,3-5,16-19H2,1-2H3. The van der Waals surface area contributed by atoms with Gasteiger partial charge < -0.3 is 14.9 Å². The van der Waals surface area contributed by atoms with Gasteiger partial charge >= 0.3 is 0 Å². The molecular formula is C37H35NO5S. The van der Waals surface area contributed by atoms with Gasteiger partial charge in [-0.15, -0.1) is 11.3 Å². The van der Waals surface area contributed by atoms with E-state index in [1.807, 2.05) is 44.2 Å². The lowest BCUT2D eigenvalue weighted by Crippen LogP contribution is -2.33. The minimum Gasteiger partial charge on any atom is -0.508 e. The van der Waals surface area contributed by atoms with Crippen LogP contribution in [0.15, 0.2) is 78.9 Å². The van der Waals surface area contributed by atoms with E-state index in [1.54, 1.807) is 42.5 Å². The van der Waals surface area contributed by atoms with E-state index in [0.29, 0.717) is 44.0 Å². The second-order valence-electron chi connectivity index (χ2n) is 11.5. The summed E-state index contributed by atoms with van der Waals surface area (Å²) in [6.45, 7) is 7.57. The molecule has 1 aliphatic rings. The van der Waals surface area contributed by atoms with Crippen molar-refractivity contribution < 1.29 is 24.5 Å². The summed E-state index contributed by atoms with van der Waals surface area (Å²) in [4.78, 5) is 31.1. The van der Waals surface area contributed by atoms with Gasteiger partial charge in [0.2, 0.25) is 0 Å². The molecule has 1 aliphatic heterocycles. The molecule has 4 aromatic carbocycles. The van der Waals surface area contributed by atoms with Crippen LogP contribution in [0.4, 0.5) is 0 Å². The SMILES string of the molecule is Cc1cc(C)cc(C(=O)c2c(O)ccc3c(C(=O)c4ccc(OCCN5CCCCC5)cc4)c(-c4ccc(O)cc4)sc23)c1. The Balaban J connectivity index is 1.38. The molecule has 0 amide bonds. The number of likely N-dealkylation sites (tertiary alicyclic amines) is 1. The molecule has 224 valence electrons. The zero-order chi connectivity index (χ0) is 30.8. The summed E-state index contributed by atoms with van der Waals surface area (Å²) in [5.74, 6) is 0.184. The normalized spacial score (nSPS) is 13.7. The van der Waals surface area contributed by atoms with Crippen LogP contribution in [0.25, 0.3) is 20.5 Å². The highest BCUT2D eigenvalue weighted by Gasteiger charge is 2.27. The molecule has 1 fully saturated rings. The topological polar surface area (TPSA) is 87.1 Å². The molecule has 6 nitrogen and oxygen atoms in total. The van der Waals surface area contributed by atoms with Crippen molar-refractivity contribution in [2.45, 2.75) is 33.1 Å². The molecule has 7 heteroatoms. The first-order valence-electron chi connectivity index (χ1n) is 15.0. The number of carbonyl (C=O) groups is 2. The number of carbonyl (C=O) groups excluding carboxylic acids is 2. The number of hydrogen-bond acceptors (Lipinski definition) is 7. The third kappa shape index (κ3) is 6.11. The number of ether oxygens (including phenoxy) is 1. The average Bonchev–Trinajstić information content (AvgIpc) is 3.40. The lowest BCUT2D eigenvalue weighted by atomic mass is 9.94. The number of ketones is 2. The number of aryl methyl sites for hydroxylation is 2. The Labute approximate surface area is 261 Å². The van der Waals surface area contributed by atoms with Crippen molar-refractivity contribution >= 4 is 33.0 Å². The molecule has 0 spiro atoms. The predicted octanol–water partition coefficient (Wildman–Crippen LogP) is 7.92. The maximum atomic E-state index is 14.2. The first-order chi connectivity index (χ1) is 21.3. The zero-order valence-electron chi connectivity index (χ0n) is 24.9. The van der Waals surface area contributed by atoms with Crippen LogP contribution in [0.5, 0.6) is 17.2 Å². The highest BCUT2D eigenvalue weighted by Crippen LogP contribution is 2.44. The summed E-state index contributed by atoms with van der Waals surface area (Å²) in [7, 11) is 0. The minimum absolute atomic E-state index is 0.113. The Morgan fingerprint density at radius 2 is 1.43 bits per heavy atom. The van der Waals surface area contributed by atoms with Gasteiger partial charge in [0, 0.05) is 33.5 Å². The van der Waals surface area contributed by atoms with Gasteiger partial charge in [-0.25, -0.2) is 0 Å². The Morgan fingerprint density at radius 1 is 0.773 bits per heavy atom. The Hall–Kier alpha value is -4.46. The van der Waals surface area contributed by atoms with E-state index in [4.69, 9.17) is 4.74 Å². The molecule has 0 radical (unpaired) electrons. The number of piperidine rings is 1. The molecule has 0 bridgehead atoms.